The number of nitrogens with zero attached hydrogens (tertiary/aromatic N) is 1. The van der Waals surface area contributed by atoms with Gasteiger partial charge in [-0.1, -0.05) is 0 Å². The van der Waals surface area contributed by atoms with Gasteiger partial charge in [0.15, 0.2) is 0 Å². The predicted molar refractivity (Wildman–Crippen MR) is 63.8 cm³/mol. The fraction of sp³-hybridized carbons (Fsp3) is 0.500. The third-order valence-corrected chi connectivity index (χ3v) is 2.70. The van der Waals surface area contributed by atoms with Gasteiger partial charge in [-0.3, -0.25) is 4.98 Å². The molecule has 1 atom stereocenters. The average molecular weight is 235 g/mol. The van der Waals surface area contributed by atoms with E-state index < -0.39 is 0 Å². The van der Waals surface area contributed by atoms with Crippen LogP contribution in [0.25, 0.3) is 0 Å². The fourth-order valence-electron chi connectivity index (χ4n) is 1.92. The second-order valence-corrected chi connectivity index (χ2v) is 3.87. The Hall–Kier alpha value is -1.46. The SMILES string of the molecule is CCOC(=O)c1cccnc1C1CNCCN1. The highest BCUT2D eigenvalue weighted by atomic mass is 16.5. The molecule has 0 aliphatic carbocycles. The summed E-state index contributed by atoms with van der Waals surface area (Å²) in [5, 5.41) is 6.62. The van der Waals surface area contributed by atoms with Crippen LogP contribution in [0.1, 0.15) is 29.0 Å². The maximum atomic E-state index is 11.8. The number of hydrogen-bond acceptors (Lipinski definition) is 5. The van der Waals surface area contributed by atoms with Crippen molar-refractivity contribution in [2.24, 2.45) is 0 Å². The zero-order chi connectivity index (χ0) is 12.1. The van der Waals surface area contributed by atoms with Gasteiger partial charge in [-0.2, -0.15) is 0 Å². The standard InChI is InChI=1S/C12H17N3O2/c1-2-17-12(16)9-4-3-5-15-11(9)10-8-13-6-7-14-10/h3-5,10,13-14H,2,6-8H2,1H3. The number of rotatable bonds is 3. The molecule has 1 aliphatic heterocycles. The molecule has 2 heterocycles. The summed E-state index contributed by atoms with van der Waals surface area (Å²) >= 11 is 0. The lowest BCUT2D eigenvalue weighted by atomic mass is 10.1. The molecule has 0 saturated carbocycles. The topological polar surface area (TPSA) is 63.2 Å². The quantitative estimate of drug-likeness (QED) is 0.747. The van der Waals surface area contributed by atoms with E-state index in [1.54, 1.807) is 25.3 Å². The molecular formula is C12H17N3O2. The second-order valence-electron chi connectivity index (χ2n) is 3.87. The Kier molecular flexibility index (Phi) is 4.06. The van der Waals surface area contributed by atoms with E-state index >= 15 is 0 Å². The zero-order valence-electron chi connectivity index (χ0n) is 9.90. The minimum absolute atomic E-state index is 0.0735. The van der Waals surface area contributed by atoms with Crippen molar-refractivity contribution in [3.63, 3.8) is 0 Å². The molecule has 0 aromatic carbocycles. The zero-order valence-corrected chi connectivity index (χ0v) is 9.90. The van der Waals surface area contributed by atoms with Crippen molar-refractivity contribution >= 4 is 5.97 Å². The summed E-state index contributed by atoms with van der Waals surface area (Å²) in [7, 11) is 0. The van der Waals surface area contributed by atoms with E-state index in [4.69, 9.17) is 4.74 Å². The van der Waals surface area contributed by atoms with Gasteiger partial charge >= 0.3 is 5.97 Å². The van der Waals surface area contributed by atoms with Gasteiger partial charge in [0, 0.05) is 25.8 Å². The number of piperazine rings is 1. The monoisotopic (exact) mass is 235 g/mol. The molecule has 1 saturated heterocycles. The largest absolute Gasteiger partial charge is 0.462 e. The molecule has 1 aromatic rings. The molecule has 1 unspecified atom stereocenters. The molecule has 0 spiro atoms. The van der Waals surface area contributed by atoms with E-state index in [1.807, 2.05) is 0 Å². The van der Waals surface area contributed by atoms with Gasteiger partial charge in [-0.05, 0) is 19.1 Å². The molecule has 5 nitrogen and oxygen atoms in total. The number of carbonyl (C=O) groups excluding carboxylic acids is 1. The molecule has 5 heteroatoms. The molecule has 2 N–H and O–H groups in total. The van der Waals surface area contributed by atoms with Crippen molar-refractivity contribution in [1.29, 1.82) is 0 Å². The smallest absolute Gasteiger partial charge is 0.340 e. The molecule has 92 valence electrons. The summed E-state index contributed by atoms with van der Waals surface area (Å²) in [4.78, 5) is 16.1. The van der Waals surface area contributed by atoms with E-state index in [-0.39, 0.29) is 12.0 Å². The first kappa shape index (κ1) is 12.0. The van der Waals surface area contributed by atoms with Crippen LogP contribution < -0.4 is 10.6 Å². The molecule has 17 heavy (non-hydrogen) atoms. The summed E-state index contributed by atoms with van der Waals surface area (Å²) in [6.45, 7) is 4.78. The lowest BCUT2D eigenvalue weighted by Crippen LogP contribution is -2.43. The summed E-state index contributed by atoms with van der Waals surface area (Å²) in [6.07, 6.45) is 1.70. The first-order valence-corrected chi connectivity index (χ1v) is 5.89. The van der Waals surface area contributed by atoms with E-state index in [2.05, 4.69) is 15.6 Å². The number of hydrogen-bond donors (Lipinski definition) is 2. The molecule has 1 aliphatic rings. The molecular weight excluding hydrogens is 218 g/mol. The van der Waals surface area contributed by atoms with Crippen LogP contribution in [0, 0.1) is 0 Å². The molecule has 2 rings (SSSR count). The first-order chi connectivity index (χ1) is 8.33. The van der Waals surface area contributed by atoms with Gasteiger partial charge in [0.1, 0.15) is 0 Å². The highest BCUT2D eigenvalue weighted by molar-refractivity contribution is 5.90. The van der Waals surface area contributed by atoms with E-state index in [0.717, 1.165) is 25.3 Å². The Morgan fingerprint density at radius 1 is 1.59 bits per heavy atom. The minimum atomic E-state index is -0.303. The third kappa shape index (κ3) is 2.81. The molecule has 0 bridgehead atoms. The first-order valence-electron chi connectivity index (χ1n) is 5.89. The molecule has 0 amide bonds. The molecule has 1 fully saturated rings. The number of aromatic nitrogens is 1. The number of pyridine rings is 1. The fourth-order valence-corrected chi connectivity index (χ4v) is 1.92. The van der Waals surface area contributed by atoms with Gasteiger partial charge in [0.05, 0.1) is 23.9 Å². The van der Waals surface area contributed by atoms with Crippen LogP contribution in [0.4, 0.5) is 0 Å². The van der Waals surface area contributed by atoms with Crippen LogP contribution in [0.5, 0.6) is 0 Å². The average Bonchev–Trinajstić information content (AvgIpc) is 2.40. The van der Waals surface area contributed by atoms with Crippen molar-refractivity contribution in [2.45, 2.75) is 13.0 Å². The molecule has 0 radical (unpaired) electrons. The Balaban J connectivity index is 2.23. The van der Waals surface area contributed by atoms with Crippen LogP contribution in [0.2, 0.25) is 0 Å². The minimum Gasteiger partial charge on any atom is -0.462 e. The predicted octanol–water partition coefficient (Wildman–Crippen LogP) is 0.492. The Morgan fingerprint density at radius 2 is 2.47 bits per heavy atom. The van der Waals surface area contributed by atoms with Gasteiger partial charge in [0.2, 0.25) is 0 Å². The van der Waals surface area contributed by atoms with Crippen LogP contribution in [0.15, 0.2) is 18.3 Å². The van der Waals surface area contributed by atoms with Crippen LogP contribution in [-0.4, -0.2) is 37.2 Å². The Bertz CT molecular complexity index is 389. The van der Waals surface area contributed by atoms with Crippen molar-refractivity contribution in [2.75, 3.05) is 26.2 Å². The van der Waals surface area contributed by atoms with E-state index in [0.29, 0.717) is 12.2 Å². The third-order valence-electron chi connectivity index (χ3n) is 2.70. The van der Waals surface area contributed by atoms with Gasteiger partial charge in [-0.15, -0.1) is 0 Å². The highest BCUT2D eigenvalue weighted by Gasteiger charge is 2.22. The lowest BCUT2D eigenvalue weighted by Gasteiger charge is -2.25. The Labute approximate surface area is 101 Å². The van der Waals surface area contributed by atoms with E-state index in [9.17, 15) is 4.79 Å². The Morgan fingerprint density at radius 3 is 3.18 bits per heavy atom. The molecule has 1 aromatic heterocycles. The van der Waals surface area contributed by atoms with Gasteiger partial charge in [0.25, 0.3) is 0 Å². The number of carbonyl (C=O) groups is 1. The number of esters is 1. The summed E-state index contributed by atoms with van der Waals surface area (Å²) < 4.78 is 5.03. The summed E-state index contributed by atoms with van der Waals surface area (Å²) in [5.74, 6) is -0.303. The van der Waals surface area contributed by atoms with Crippen LogP contribution in [-0.2, 0) is 4.74 Å². The normalized spacial score (nSPS) is 19.9. The summed E-state index contributed by atoms with van der Waals surface area (Å²) in [6, 6.07) is 3.59. The van der Waals surface area contributed by atoms with Crippen LogP contribution >= 0.6 is 0 Å². The van der Waals surface area contributed by atoms with Crippen LogP contribution in [0.3, 0.4) is 0 Å². The lowest BCUT2D eigenvalue weighted by molar-refractivity contribution is 0.0523. The maximum absolute atomic E-state index is 11.8. The van der Waals surface area contributed by atoms with Gasteiger partial charge < -0.3 is 15.4 Å². The van der Waals surface area contributed by atoms with Crippen molar-refractivity contribution in [3.8, 4) is 0 Å². The van der Waals surface area contributed by atoms with Crippen molar-refractivity contribution in [1.82, 2.24) is 15.6 Å². The van der Waals surface area contributed by atoms with Gasteiger partial charge in [-0.25, -0.2) is 4.79 Å². The van der Waals surface area contributed by atoms with E-state index in [1.165, 1.54) is 0 Å². The second kappa shape index (κ2) is 5.75. The number of ether oxygens (including phenoxy) is 1. The van der Waals surface area contributed by atoms with Crippen molar-refractivity contribution < 1.29 is 9.53 Å². The number of nitrogens with one attached hydrogen (secondary N) is 2. The maximum Gasteiger partial charge on any atom is 0.340 e. The highest BCUT2D eigenvalue weighted by Crippen LogP contribution is 2.17. The summed E-state index contributed by atoms with van der Waals surface area (Å²) in [5.41, 5.74) is 1.31. The van der Waals surface area contributed by atoms with Crippen molar-refractivity contribution in [3.05, 3.63) is 29.6 Å².